The first-order chi connectivity index (χ1) is 5.25. The molecule has 0 amide bonds. The second-order valence-electron chi connectivity index (χ2n) is 4.58. The Hall–Kier alpha value is -0.0400. The average molecular weight is 153 g/mol. The molecule has 0 radical (unpaired) electrons. The van der Waals surface area contributed by atoms with Gasteiger partial charge in [-0.1, -0.05) is 6.92 Å². The lowest BCUT2D eigenvalue weighted by atomic mass is 9.89. The van der Waals surface area contributed by atoms with Crippen molar-refractivity contribution >= 4 is 0 Å². The zero-order valence-electron chi connectivity index (χ0n) is 7.71. The van der Waals surface area contributed by atoms with E-state index in [0.717, 1.165) is 17.9 Å². The predicted octanol–water partition coefficient (Wildman–Crippen LogP) is 2.13. The molecule has 0 saturated carbocycles. The van der Waals surface area contributed by atoms with Crippen molar-refractivity contribution in [1.29, 1.82) is 0 Å². The Labute approximate surface area is 69.8 Å². The van der Waals surface area contributed by atoms with Crippen molar-refractivity contribution in [2.45, 2.75) is 39.2 Å². The van der Waals surface area contributed by atoms with Crippen LogP contribution in [0.25, 0.3) is 0 Å². The third-order valence-electron chi connectivity index (χ3n) is 3.40. The molecule has 3 saturated heterocycles. The fraction of sp³-hybridized carbons (Fsp3) is 1.00. The van der Waals surface area contributed by atoms with Crippen LogP contribution in [0.15, 0.2) is 0 Å². The lowest BCUT2D eigenvalue weighted by Crippen LogP contribution is -2.38. The van der Waals surface area contributed by atoms with Crippen LogP contribution in [0, 0.1) is 11.8 Å². The van der Waals surface area contributed by atoms with Gasteiger partial charge in [0.15, 0.2) is 0 Å². The third-order valence-corrected chi connectivity index (χ3v) is 3.40. The first-order valence-corrected chi connectivity index (χ1v) is 4.99. The number of hydrogen-bond donors (Lipinski definition) is 0. The summed E-state index contributed by atoms with van der Waals surface area (Å²) in [5.41, 5.74) is 0. The molecule has 0 aromatic carbocycles. The molecule has 3 aliphatic rings. The fourth-order valence-electron chi connectivity index (χ4n) is 2.85. The summed E-state index contributed by atoms with van der Waals surface area (Å²) >= 11 is 0. The van der Waals surface area contributed by atoms with E-state index in [0.29, 0.717) is 0 Å². The second-order valence-corrected chi connectivity index (χ2v) is 4.58. The van der Waals surface area contributed by atoms with E-state index < -0.39 is 0 Å². The van der Waals surface area contributed by atoms with Crippen LogP contribution in [0.1, 0.15) is 33.1 Å². The van der Waals surface area contributed by atoms with Crippen LogP contribution < -0.4 is 0 Å². The van der Waals surface area contributed by atoms with Crippen molar-refractivity contribution < 1.29 is 0 Å². The zero-order valence-corrected chi connectivity index (χ0v) is 7.71. The van der Waals surface area contributed by atoms with Crippen molar-refractivity contribution in [1.82, 2.24) is 4.90 Å². The Morgan fingerprint density at radius 1 is 1.18 bits per heavy atom. The van der Waals surface area contributed by atoms with Crippen molar-refractivity contribution in [3.63, 3.8) is 0 Å². The van der Waals surface area contributed by atoms with Gasteiger partial charge in [-0.15, -0.1) is 0 Å². The highest BCUT2D eigenvalue weighted by atomic mass is 15.2. The number of hydrogen-bond acceptors (Lipinski definition) is 1. The molecule has 3 fully saturated rings. The quantitative estimate of drug-likeness (QED) is 0.515. The topological polar surface area (TPSA) is 3.24 Å². The SMILES string of the molecule is CC1CC2CCN(C1)C(C)C2. The van der Waals surface area contributed by atoms with Crippen LogP contribution in [0.2, 0.25) is 0 Å². The van der Waals surface area contributed by atoms with Gasteiger partial charge < -0.3 is 4.90 Å². The van der Waals surface area contributed by atoms with Gasteiger partial charge in [0.25, 0.3) is 0 Å². The average Bonchev–Trinajstić information content (AvgIpc) is 2.16. The van der Waals surface area contributed by atoms with E-state index in [4.69, 9.17) is 0 Å². The summed E-state index contributed by atoms with van der Waals surface area (Å²) in [5, 5.41) is 0. The van der Waals surface area contributed by atoms with Crippen molar-refractivity contribution in [2.75, 3.05) is 13.1 Å². The molecule has 4 atom stereocenters. The van der Waals surface area contributed by atoms with Crippen LogP contribution >= 0.6 is 0 Å². The minimum Gasteiger partial charge on any atom is -0.300 e. The predicted molar refractivity (Wildman–Crippen MR) is 47.5 cm³/mol. The van der Waals surface area contributed by atoms with E-state index in [1.54, 1.807) is 0 Å². The maximum atomic E-state index is 2.67. The second kappa shape index (κ2) is 2.78. The summed E-state index contributed by atoms with van der Waals surface area (Å²) < 4.78 is 0. The van der Waals surface area contributed by atoms with Crippen LogP contribution in [0.4, 0.5) is 0 Å². The van der Waals surface area contributed by atoms with Crippen LogP contribution in [-0.2, 0) is 0 Å². The first kappa shape index (κ1) is 7.60. The summed E-state index contributed by atoms with van der Waals surface area (Å²) in [6.45, 7) is 7.53. The standard InChI is InChI=1S/C10H19N/c1-8-5-10-3-4-11(7-8)9(2)6-10/h8-10H,3-7H2,1-2H3. The van der Waals surface area contributed by atoms with E-state index in [1.165, 1.54) is 32.4 Å². The van der Waals surface area contributed by atoms with Crippen LogP contribution in [0.5, 0.6) is 0 Å². The Morgan fingerprint density at radius 3 is 2.73 bits per heavy atom. The zero-order chi connectivity index (χ0) is 7.84. The van der Waals surface area contributed by atoms with Gasteiger partial charge in [-0.25, -0.2) is 0 Å². The van der Waals surface area contributed by atoms with Crippen molar-refractivity contribution in [3.05, 3.63) is 0 Å². The molecule has 3 heterocycles. The van der Waals surface area contributed by atoms with E-state index >= 15 is 0 Å². The molecule has 0 aromatic rings. The van der Waals surface area contributed by atoms with E-state index in [1.807, 2.05) is 0 Å². The largest absolute Gasteiger partial charge is 0.300 e. The molecule has 0 aromatic heterocycles. The number of fused-ring (bicyclic) bond motifs is 4. The Bertz CT molecular complexity index is 142. The molecular weight excluding hydrogens is 134 g/mol. The van der Waals surface area contributed by atoms with Gasteiger partial charge in [-0.3, -0.25) is 0 Å². The monoisotopic (exact) mass is 153 g/mol. The first-order valence-electron chi connectivity index (χ1n) is 4.99. The minimum absolute atomic E-state index is 0.874. The molecule has 2 bridgehead atoms. The number of piperidine rings is 1. The van der Waals surface area contributed by atoms with Gasteiger partial charge in [-0.05, 0) is 44.6 Å². The summed E-state index contributed by atoms with van der Waals surface area (Å²) in [6.07, 6.45) is 4.42. The molecule has 0 N–H and O–H groups in total. The Balaban J connectivity index is 2.10. The highest BCUT2D eigenvalue weighted by molar-refractivity contribution is 4.85. The van der Waals surface area contributed by atoms with Gasteiger partial charge in [0, 0.05) is 12.6 Å². The number of rotatable bonds is 0. The van der Waals surface area contributed by atoms with Crippen LogP contribution in [-0.4, -0.2) is 24.0 Å². The highest BCUT2D eigenvalue weighted by Gasteiger charge is 2.31. The van der Waals surface area contributed by atoms with Crippen molar-refractivity contribution in [3.8, 4) is 0 Å². The van der Waals surface area contributed by atoms with Gasteiger partial charge in [0.1, 0.15) is 0 Å². The summed E-state index contributed by atoms with van der Waals surface area (Å²) in [4.78, 5) is 2.67. The lowest BCUT2D eigenvalue weighted by molar-refractivity contribution is 0.152. The summed E-state index contributed by atoms with van der Waals surface area (Å²) in [5.74, 6) is 2.01. The Morgan fingerprint density at radius 2 is 2.00 bits per heavy atom. The fourth-order valence-corrected chi connectivity index (χ4v) is 2.85. The highest BCUT2D eigenvalue weighted by Crippen LogP contribution is 2.32. The van der Waals surface area contributed by atoms with E-state index in [9.17, 15) is 0 Å². The smallest absolute Gasteiger partial charge is 0.00696 e. The molecule has 3 rings (SSSR count). The van der Waals surface area contributed by atoms with Gasteiger partial charge in [0.2, 0.25) is 0 Å². The maximum Gasteiger partial charge on any atom is 0.00696 e. The molecule has 3 aliphatic heterocycles. The summed E-state index contributed by atoms with van der Waals surface area (Å²) in [7, 11) is 0. The molecular formula is C10H19N. The molecule has 0 aliphatic carbocycles. The molecule has 11 heavy (non-hydrogen) atoms. The maximum absolute atomic E-state index is 2.67. The van der Waals surface area contributed by atoms with Gasteiger partial charge in [0.05, 0.1) is 0 Å². The lowest BCUT2D eigenvalue weighted by Gasteiger charge is -2.33. The van der Waals surface area contributed by atoms with Crippen molar-refractivity contribution in [2.24, 2.45) is 11.8 Å². The minimum atomic E-state index is 0.874. The molecule has 4 unspecified atom stereocenters. The molecule has 64 valence electrons. The normalized spacial score (nSPS) is 50.7. The van der Waals surface area contributed by atoms with Gasteiger partial charge in [-0.2, -0.15) is 0 Å². The van der Waals surface area contributed by atoms with E-state index in [-0.39, 0.29) is 0 Å². The molecule has 1 nitrogen and oxygen atoms in total. The van der Waals surface area contributed by atoms with E-state index in [2.05, 4.69) is 18.7 Å². The molecule has 1 heteroatoms. The number of nitrogens with zero attached hydrogens (tertiary/aromatic N) is 1. The summed E-state index contributed by atoms with van der Waals surface area (Å²) in [6, 6.07) is 0.874. The Kier molecular flexibility index (Phi) is 1.92. The third kappa shape index (κ3) is 1.44. The van der Waals surface area contributed by atoms with Crippen LogP contribution in [0.3, 0.4) is 0 Å². The van der Waals surface area contributed by atoms with Gasteiger partial charge >= 0.3 is 0 Å². The molecule has 0 spiro atoms.